The largest absolute Gasteiger partial charge is 0.274 e. The molecule has 6 heteroatoms. The van der Waals surface area contributed by atoms with E-state index >= 15 is 0 Å². The lowest BCUT2D eigenvalue weighted by molar-refractivity contribution is -0.174. The van der Waals surface area contributed by atoms with Crippen LogP contribution in [0.4, 0.5) is 0 Å². The molecule has 112 valence electrons. The van der Waals surface area contributed by atoms with Gasteiger partial charge in [-0.1, -0.05) is 26.0 Å². The number of hydroxylamine groups is 2. The molecule has 1 heterocycles. The van der Waals surface area contributed by atoms with E-state index in [0.717, 1.165) is 9.96 Å². The van der Waals surface area contributed by atoms with Crippen molar-refractivity contribution < 1.29 is 19.2 Å². The van der Waals surface area contributed by atoms with Crippen LogP contribution in [0.25, 0.3) is 0 Å². The van der Waals surface area contributed by atoms with Crippen molar-refractivity contribution in [3.8, 4) is 0 Å². The van der Waals surface area contributed by atoms with Gasteiger partial charge in [-0.15, -0.1) is 0 Å². The van der Waals surface area contributed by atoms with Gasteiger partial charge in [0.2, 0.25) is 0 Å². The smallest absolute Gasteiger partial charge is 0.269 e. The quantitative estimate of drug-likeness (QED) is 0.619. The van der Waals surface area contributed by atoms with Crippen molar-refractivity contribution in [1.82, 2.24) is 9.96 Å². The molecule has 21 heavy (non-hydrogen) atoms. The number of imide groups is 1. The molecule has 0 aromatic heterocycles. The third-order valence-electron chi connectivity index (χ3n) is 3.57. The Morgan fingerprint density at radius 3 is 2.00 bits per heavy atom. The van der Waals surface area contributed by atoms with Crippen molar-refractivity contribution in [2.24, 2.45) is 5.92 Å². The van der Waals surface area contributed by atoms with E-state index in [1.807, 2.05) is 0 Å². The molecule has 0 N–H and O–H groups in total. The number of likely N-dealkylation sites (N-methyl/N-ethyl adjacent to an activating group) is 1. The van der Waals surface area contributed by atoms with Crippen LogP contribution in [0, 0.1) is 5.92 Å². The molecular formula is C15H18N2O4. The average Bonchev–Trinajstić information content (AvgIpc) is 2.72. The van der Waals surface area contributed by atoms with Crippen LogP contribution in [0.5, 0.6) is 0 Å². The van der Waals surface area contributed by atoms with E-state index in [9.17, 15) is 14.4 Å². The molecule has 2 rings (SSSR count). The maximum atomic E-state index is 12.5. The van der Waals surface area contributed by atoms with Crippen molar-refractivity contribution in [2.75, 3.05) is 14.2 Å². The van der Waals surface area contributed by atoms with Gasteiger partial charge in [0.05, 0.1) is 18.2 Å². The lowest BCUT2D eigenvalue weighted by Gasteiger charge is -2.30. The first-order chi connectivity index (χ1) is 9.90. The first-order valence-electron chi connectivity index (χ1n) is 6.68. The molecular weight excluding hydrogens is 272 g/mol. The standard InChI is InChI=1S/C15H18N2O4/c1-9(2)12(15(20)16(3)21-4)17-13(18)10-7-5-6-8-11(10)14(17)19/h5-9,12H,1-4H3/t12-/m1/s1. The Bertz CT molecular complexity index is 562. The molecule has 0 aliphatic carbocycles. The van der Waals surface area contributed by atoms with Gasteiger partial charge >= 0.3 is 0 Å². The third-order valence-corrected chi connectivity index (χ3v) is 3.57. The van der Waals surface area contributed by atoms with Gasteiger partial charge in [0.15, 0.2) is 0 Å². The van der Waals surface area contributed by atoms with Gasteiger partial charge in [-0.25, -0.2) is 5.06 Å². The molecule has 0 saturated carbocycles. The van der Waals surface area contributed by atoms with Crippen molar-refractivity contribution in [1.29, 1.82) is 0 Å². The summed E-state index contributed by atoms with van der Waals surface area (Å²) >= 11 is 0. The van der Waals surface area contributed by atoms with Crippen molar-refractivity contribution in [3.63, 3.8) is 0 Å². The minimum Gasteiger partial charge on any atom is -0.274 e. The van der Waals surface area contributed by atoms with Crippen LogP contribution in [-0.4, -0.2) is 47.9 Å². The van der Waals surface area contributed by atoms with Crippen LogP contribution in [-0.2, 0) is 9.63 Å². The van der Waals surface area contributed by atoms with Crippen molar-refractivity contribution >= 4 is 17.7 Å². The minimum atomic E-state index is -0.887. The fraction of sp³-hybridized carbons (Fsp3) is 0.400. The summed E-state index contributed by atoms with van der Waals surface area (Å²) in [4.78, 5) is 43.2. The highest BCUT2D eigenvalue weighted by Gasteiger charge is 2.44. The van der Waals surface area contributed by atoms with E-state index in [1.165, 1.54) is 14.2 Å². The van der Waals surface area contributed by atoms with E-state index in [0.29, 0.717) is 11.1 Å². The van der Waals surface area contributed by atoms with Crippen LogP contribution in [0.1, 0.15) is 34.6 Å². The highest BCUT2D eigenvalue weighted by Crippen LogP contribution is 2.27. The molecule has 1 atom stereocenters. The Morgan fingerprint density at radius 2 is 1.62 bits per heavy atom. The number of rotatable bonds is 4. The predicted octanol–water partition coefficient (Wildman–Crippen LogP) is 1.33. The summed E-state index contributed by atoms with van der Waals surface area (Å²) in [5, 5.41) is 1.04. The van der Waals surface area contributed by atoms with Gasteiger partial charge in [-0.3, -0.25) is 24.1 Å². The summed E-state index contributed by atoms with van der Waals surface area (Å²) in [6.45, 7) is 3.57. The van der Waals surface area contributed by atoms with E-state index < -0.39 is 23.8 Å². The second-order valence-corrected chi connectivity index (χ2v) is 5.23. The van der Waals surface area contributed by atoms with Gasteiger partial charge in [-0.05, 0) is 18.1 Å². The fourth-order valence-electron chi connectivity index (χ4n) is 2.43. The molecule has 0 saturated heterocycles. The number of fused-ring (bicyclic) bond motifs is 1. The van der Waals surface area contributed by atoms with E-state index in [4.69, 9.17) is 4.84 Å². The Hall–Kier alpha value is -2.21. The summed E-state index contributed by atoms with van der Waals surface area (Å²) in [5.41, 5.74) is 0.669. The van der Waals surface area contributed by atoms with Crippen LogP contribution in [0.3, 0.4) is 0 Å². The number of benzene rings is 1. The van der Waals surface area contributed by atoms with Gasteiger partial charge in [0.25, 0.3) is 17.7 Å². The van der Waals surface area contributed by atoms with Gasteiger partial charge in [-0.2, -0.15) is 0 Å². The monoisotopic (exact) mass is 290 g/mol. The SMILES string of the molecule is CON(C)C(=O)[C@@H](C(C)C)N1C(=O)c2ccccc2C1=O. The molecule has 1 aromatic carbocycles. The Balaban J connectivity index is 2.42. The van der Waals surface area contributed by atoms with Crippen LogP contribution in [0.2, 0.25) is 0 Å². The number of nitrogens with zero attached hydrogens (tertiary/aromatic N) is 2. The molecule has 0 spiro atoms. The highest BCUT2D eigenvalue weighted by atomic mass is 16.7. The van der Waals surface area contributed by atoms with E-state index in [-0.39, 0.29) is 5.92 Å². The second kappa shape index (κ2) is 5.65. The average molecular weight is 290 g/mol. The molecule has 6 nitrogen and oxygen atoms in total. The lowest BCUT2D eigenvalue weighted by Crippen LogP contribution is -2.52. The van der Waals surface area contributed by atoms with E-state index in [1.54, 1.807) is 38.1 Å². The zero-order chi connectivity index (χ0) is 15.7. The topological polar surface area (TPSA) is 66.9 Å². The normalized spacial score (nSPS) is 15.4. The molecule has 1 aliphatic heterocycles. The van der Waals surface area contributed by atoms with Gasteiger partial charge in [0, 0.05) is 7.05 Å². The summed E-state index contributed by atoms with van der Waals surface area (Å²) in [5.74, 6) is -1.53. The number of hydrogen-bond acceptors (Lipinski definition) is 4. The molecule has 0 bridgehead atoms. The molecule has 0 radical (unpaired) electrons. The molecule has 1 aliphatic rings. The Labute approximate surface area is 123 Å². The minimum absolute atomic E-state index is 0.225. The zero-order valence-electron chi connectivity index (χ0n) is 12.5. The fourth-order valence-corrected chi connectivity index (χ4v) is 2.43. The number of carbonyl (C=O) groups is 3. The first-order valence-corrected chi connectivity index (χ1v) is 6.68. The second-order valence-electron chi connectivity index (χ2n) is 5.23. The first kappa shape index (κ1) is 15.2. The highest BCUT2D eigenvalue weighted by molar-refractivity contribution is 6.22. The molecule has 3 amide bonds. The maximum absolute atomic E-state index is 12.5. The summed E-state index contributed by atoms with van der Waals surface area (Å²) in [6.07, 6.45) is 0. The van der Waals surface area contributed by atoms with Crippen LogP contribution < -0.4 is 0 Å². The van der Waals surface area contributed by atoms with Gasteiger partial charge in [0.1, 0.15) is 6.04 Å². The van der Waals surface area contributed by atoms with Crippen molar-refractivity contribution in [3.05, 3.63) is 35.4 Å². The molecule has 0 unspecified atom stereocenters. The maximum Gasteiger partial charge on any atom is 0.269 e. The third kappa shape index (κ3) is 2.42. The summed E-state index contributed by atoms with van der Waals surface area (Å²) in [7, 11) is 2.81. The number of hydrogen-bond donors (Lipinski definition) is 0. The van der Waals surface area contributed by atoms with Crippen LogP contribution in [0.15, 0.2) is 24.3 Å². The van der Waals surface area contributed by atoms with Crippen LogP contribution >= 0.6 is 0 Å². The van der Waals surface area contributed by atoms with Crippen molar-refractivity contribution in [2.45, 2.75) is 19.9 Å². The summed E-state index contributed by atoms with van der Waals surface area (Å²) in [6, 6.07) is 5.69. The Morgan fingerprint density at radius 1 is 1.14 bits per heavy atom. The number of amides is 3. The zero-order valence-corrected chi connectivity index (χ0v) is 12.5. The Kier molecular flexibility index (Phi) is 4.09. The molecule has 1 aromatic rings. The summed E-state index contributed by atoms with van der Waals surface area (Å²) < 4.78 is 0. The number of carbonyl (C=O) groups excluding carboxylic acids is 3. The predicted molar refractivity (Wildman–Crippen MR) is 75.3 cm³/mol. The molecule has 0 fully saturated rings. The lowest BCUT2D eigenvalue weighted by atomic mass is 10.0. The van der Waals surface area contributed by atoms with Gasteiger partial charge < -0.3 is 0 Å². The van der Waals surface area contributed by atoms with E-state index in [2.05, 4.69) is 0 Å².